The average molecular weight is 292 g/mol. The lowest BCUT2D eigenvalue weighted by Gasteiger charge is -2.33. The number of piperazine rings is 1. The highest BCUT2D eigenvalue weighted by molar-refractivity contribution is 5.57. The normalized spacial score (nSPS) is 16.9. The Morgan fingerprint density at radius 2 is 1.76 bits per heavy atom. The molecule has 2 heterocycles. The maximum absolute atomic E-state index is 4.46. The quantitative estimate of drug-likeness (QED) is 0.799. The summed E-state index contributed by atoms with van der Waals surface area (Å²) in [5, 5.41) is 5.67. The predicted octanol–water partition coefficient (Wildman–Crippen LogP) is 1.83. The van der Waals surface area contributed by atoms with Crippen molar-refractivity contribution in [3.63, 3.8) is 0 Å². The van der Waals surface area contributed by atoms with Gasteiger partial charge in [0.05, 0.1) is 0 Å². The molecule has 0 aliphatic carbocycles. The molecule has 0 spiro atoms. The molecule has 0 bridgehead atoms. The van der Waals surface area contributed by atoms with Gasteiger partial charge in [-0.1, -0.05) is 20.3 Å². The molecule has 21 heavy (non-hydrogen) atoms. The van der Waals surface area contributed by atoms with Crippen LogP contribution >= 0.6 is 0 Å². The Kier molecular flexibility index (Phi) is 6.20. The summed E-state index contributed by atoms with van der Waals surface area (Å²) in [6.07, 6.45) is 4.82. The molecule has 0 amide bonds. The van der Waals surface area contributed by atoms with Crippen molar-refractivity contribution in [2.75, 3.05) is 50.5 Å². The number of likely N-dealkylation sites (N-methyl/N-ethyl adjacent to an activating group) is 1. The molecule has 0 radical (unpaired) electrons. The summed E-state index contributed by atoms with van der Waals surface area (Å²) in [6.45, 7) is 9.51. The topological polar surface area (TPSA) is 56.3 Å². The Morgan fingerprint density at radius 3 is 2.43 bits per heavy atom. The molecule has 2 N–H and O–H groups in total. The van der Waals surface area contributed by atoms with Crippen LogP contribution in [0.25, 0.3) is 0 Å². The van der Waals surface area contributed by atoms with Gasteiger partial charge in [-0.15, -0.1) is 0 Å². The van der Waals surface area contributed by atoms with Crippen LogP contribution in [0, 0.1) is 0 Å². The number of hydrogen-bond acceptors (Lipinski definition) is 6. The van der Waals surface area contributed by atoms with Crippen molar-refractivity contribution >= 4 is 11.6 Å². The molecule has 118 valence electrons. The van der Waals surface area contributed by atoms with E-state index in [4.69, 9.17) is 0 Å². The lowest BCUT2D eigenvalue weighted by Crippen LogP contribution is -2.47. The van der Waals surface area contributed by atoms with Gasteiger partial charge in [-0.05, 0) is 19.9 Å². The van der Waals surface area contributed by atoms with Gasteiger partial charge >= 0.3 is 0 Å². The van der Waals surface area contributed by atoms with Gasteiger partial charge in [0.25, 0.3) is 0 Å². The molecular weight excluding hydrogens is 264 g/mol. The van der Waals surface area contributed by atoms with E-state index in [9.17, 15) is 0 Å². The summed E-state index contributed by atoms with van der Waals surface area (Å²) in [6, 6.07) is 0. The molecule has 1 aromatic heterocycles. The second kappa shape index (κ2) is 8.14. The van der Waals surface area contributed by atoms with Crippen LogP contribution in [0.2, 0.25) is 0 Å². The molecule has 1 aromatic rings. The van der Waals surface area contributed by atoms with E-state index in [0.717, 1.165) is 63.6 Å². The maximum Gasteiger partial charge on any atom is 0.149 e. The van der Waals surface area contributed by atoms with Crippen LogP contribution in [-0.2, 0) is 6.42 Å². The van der Waals surface area contributed by atoms with Crippen molar-refractivity contribution in [1.29, 1.82) is 0 Å². The molecule has 1 aliphatic heterocycles. The second-order valence-electron chi connectivity index (χ2n) is 5.63. The standard InChI is InChI=1S/C15H28N6/c1-4-6-13-14(16-7-5-2)17-12-18-15(13)19-21-10-8-20(3)9-11-21/h12H,4-11H2,1-3H3,(H2,16,17,18,19). The van der Waals surface area contributed by atoms with E-state index in [2.05, 4.69) is 51.5 Å². The highest BCUT2D eigenvalue weighted by Gasteiger charge is 2.17. The number of anilines is 2. The first-order valence-corrected chi connectivity index (χ1v) is 8.02. The third-order valence-electron chi connectivity index (χ3n) is 3.76. The summed E-state index contributed by atoms with van der Waals surface area (Å²) in [5.41, 5.74) is 4.69. The minimum absolute atomic E-state index is 0.946. The fraction of sp³-hybridized carbons (Fsp3) is 0.733. The largest absolute Gasteiger partial charge is 0.370 e. The molecule has 0 aromatic carbocycles. The van der Waals surface area contributed by atoms with Crippen molar-refractivity contribution in [3.8, 4) is 0 Å². The van der Waals surface area contributed by atoms with Crippen LogP contribution in [0.4, 0.5) is 11.6 Å². The SMILES string of the molecule is CCCNc1ncnc(NN2CCN(C)CC2)c1CCC. The summed E-state index contributed by atoms with van der Waals surface area (Å²) < 4.78 is 0. The number of hydrazine groups is 1. The fourth-order valence-corrected chi connectivity index (χ4v) is 2.46. The maximum atomic E-state index is 4.46. The highest BCUT2D eigenvalue weighted by Crippen LogP contribution is 2.22. The van der Waals surface area contributed by atoms with Crippen molar-refractivity contribution in [1.82, 2.24) is 19.9 Å². The second-order valence-corrected chi connectivity index (χ2v) is 5.63. The lowest BCUT2D eigenvalue weighted by atomic mass is 10.1. The molecule has 0 saturated carbocycles. The Hall–Kier alpha value is -1.40. The summed E-state index contributed by atoms with van der Waals surface area (Å²) in [5.74, 6) is 1.93. The Bertz CT molecular complexity index is 428. The van der Waals surface area contributed by atoms with Gasteiger partial charge in [0.1, 0.15) is 18.0 Å². The summed E-state index contributed by atoms with van der Waals surface area (Å²) >= 11 is 0. The van der Waals surface area contributed by atoms with Crippen molar-refractivity contribution < 1.29 is 0 Å². The van der Waals surface area contributed by atoms with Crippen molar-refractivity contribution in [3.05, 3.63) is 11.9 Å². The van der Waals surface area contributed by atoms with Crippen LogP contribution in [0.1, 0.15) is 32.3 Å². The van der Waals surface area contributed by atoms with E-state index >= 15 is 0 Å². The van der Waals surface area contributed by atoms with Gasteiger partial charge in [0, 0.05) is 38.3 Å². The zero-order chi connectivity index (χ0) is 15.1. The zero-order valence-corrected chi connectivity index (χ0v) is 13.5. The Labute approximate surface area is 127 Å². The molecule has 2 rings (SSSR count). The van der Waals surface area contributed by atoms with Gasteiger partial charge in [0.15, 0.2) is 0 Å². The molecule has 0 atom stereocenters. The fourth-order valence-electron chi connectivity index (χ4n) is 2.46. The van der Waals surface area contributed by atoms with Crippen LogP contribution in [0.15, 0.2) is 6.33 Å². The number of nitrogens with zero attached hydrogens (tertiary/aromatic N) is 4. The van der Waals surface area contributed by atoms with E-state index in [-0.39, 0.29) is 0 Å². The smallest absolute Gasteiger partial charge is 0.149 e. The van der Waals surface area contributed by atoms with Gasteiger partial charge in [-0.3, -0.25) is 0 Å². The first-order chi connectivity index (χ1) is 10.2. The number of hydrogen-bond donors (Lipinski definition) is 2. The lowest BCUT2D eigenvalue weighted by molar-refractivity contribution is 0.178. The number of rotatable bonds is 7. The molecule has 1 saturated heterocycles. The third kappa shape index (κ3) is 4.54. The first-order valence-electron chi connectivity index (χ1n) is 8.02. The van der Waals surface area contributed by atoms with Crippen LogP contribution in [-0.4, -0.2) is 59.6 Å². The molecule has 1 aliphatic rings. The van der Waals surface area contributed by atoms with Crippen LogP contribution in [0.5, 0.6) is 0 Å². The highest BCUT2D eigenvalue weighted by atomic mass is 15.5. The number of aromatic nitrogens is 2. The summed E-state index contributed by atoms with van der Waals surface area (Å²) in [7, 11) is 2.16. The van der Waals surface area contributed by atoms with Crippen molar-refractivity contribution in [2.45, 2.75) is 33.1 Å². The van der Waals surface area contributed by atoms with E-state index in [1.54, 1.807) is 6.33 Å². The van der Waals surface area contributed by atoms with Gasteiger partial charge in [0.2, 0.25) is 0 Å². The minimum Gasteiger partial charge on any atom is -0.370 e. The van der Waals surface area contributed by atoms with Gasteiger partial charge < -0.3 is 15.6 Å². The van der Waals surface area contributed by atoms with Gasteiger partial charge in [-0.2, -0.15) is 0 Å². The molecule has 0 unspecified atom stereocenters. The first kappa shape index (κ1) is 16.0. The monoisotopic (exact) mass is 292 g/mol. The van der Waals surface area contributed by atoms with E-state index in [1.807, 2.05) is 0 Å². The minimum atomic E-state index is 0.946. The molecule has 1 fully saturated rings. The number of nitrogens with one attached hydrogen (secondary N) is 2. The van der Waals surface area contributed by atoms with Crippen LogP contribution < -0.4 is 10.7 Å². The van der Waals surface area contributed by atoms with E-state index in [0.29, 0.717) is 0 Å². The Morgan fingerprint density at radius 1 is 1.05 bits per heavy atom. The predicted molar refractivity (Wildman–Crippen MR) is 87.5 cm³/mol. The summed E-state index contributed by atoms with van der Waals surface area (Å²) in [4.78, 5) is 11.2. The van der Waals surface area contributed by atoms with Gasteiger partial charge in [-0.25, -0.2) is 15.0 Å². The molecule has 6 heteroatoms. The van der Waals surface area contributed by atoms with Crippen LogP contribution in [0.3, 0.4) is 0 Å². The van der Waals surface area contributed by atoms with E-state index in [1.165, 1.54) is 5.56 Å². The third-order valence-corrected chi connectivity index (χ3v) is 3.76. The molecular formula is C15H28N6. The molecule has 6 nitrogen and oxygen atoms in total. The Balaban J connectivity index is 2.09. The van der Waals surface area contributed by atoms with E-state index < -0.39 is 0 Å². The zero-order valence-electron chi connectivity index (χ0n) is 13.5. The average Bonchev–Trinajstić information content (AvgIpc) is 2.50. The van der Waals surface area contributed by atoms with Crippen molar-refractivity contribution in [2.24, 2.45) is 0 Å².